The molecule has 1 unspecified atom stereocenters. The molecule has 0 aromatic rings. The van der Waals surface area contributed by atoms with E-state index in [0.717, 1.165) is 6.04 Å². The second-order valence-electron chi connectivity index (χ2n) is 6.42. The van der Waals surface area contributed by atoms with Gasteiger partial charge in [0, 0.05) is 25.2 Å². The van der Waals surface area contributed by atoms with Crippen LogP contribution >= 0.6 is 0 Å². The summed E-state index contributed by atoms with van der Waals surface area (Å²) in [4.78, 5) is 2.57. The molecule has 2 heteroatoms. The predicted molar refractivity (Wildman–Crippen MR) is 81.0 cm³/mol. The third-order valence-corrected chi connectivity index (χ3v) is 4.89. The standard InChI is InChI=1S/C16H34N2/c1-6-9-14(4)18(5)13-16(7-2,8-3)12-17-15-10-11-15/h14-15,17H,6-13H2,1-5H3. The van der Waals surface area contributed by atoms with E-state index in [9.17, 15) is 0 Å². The smallest absolute Gasteiger partial charge is 0.00684 e. The monoisotopic (exact) mass is 254 g/mol. The van der Waals surface area contributed by atoms with E-state index in [1.807, 2.05) is 0 Å². The summed E-state index contributed by atoms with van der Waals surface area (Å²) in [5, 5.41) is 3.75. The lowest BCUT2D eigenvalue weighted by atomic mass is 9.81. The van der Waals surface area contributed by atoms with Crippen molar-refractivity contribution in [3.8, 4) is 0 Å². The molecule has 0 amide bonds. The quantitative estimate of drug-likeness (QED) is 0.640. The van der Waals surface area contributed by atoms with Crippen molar-refractivity contribution >= 4 is 0 Å². The maximum atomic E-state index is 3.75. The lowest BCUT2D eigenvalue weighted by Gasteiger charge is -2.38. The predicted octanol–water partition coefficient (Wildman–Crippen LogP) is 3.67. The molecule has 1 rings (SSSR count). The SMILES string of the molecule is CCCC(C)N(C)CC(CC)(CC)CNC1CC1. The Morgan fingerprint density at radius 2 is 1.83 bits per heavy atom. The molecule has 0 heterocycles. The fourth-order valence-electron chi connectivity index (χ4n) is 2.75. The number of rotatable bonds is 10. The molecule has 1 fully saturated rings. The van der Waals surface area contributed by atoms with Crippen LogP contribution in [0, 0.1) is 5.41 Å². The fraction of sp³-hybridized carbons (Fsp3) is 1.00. The van der Waals surface area contributed by atoms with E-state index in [1.165, 1.54) is 51.6 Å². The zero-order valence-electron chi connectivity index (χ0n) is 13.3. The van der Waals surface area contributed by atoms with Gasteiger partial charge in [-0.05, 0) is 51.5 Å². The van der Waals surface area contributed by atoms with Gasteiger partial charge in [0.25, 0.3) is 0 Å². The molecule has 1 aliphatic rings. The molecule has 2 nitrogen and oxygen atoms in total. The topological polar surface area (TPSA) is 15.3 Å². The first-order valence-electron chi connectivity index (χ1n) is 8.00. The van der Waals surface area contributed by atoms with Crippen LogP contribution < -0.4 is 5.32 Å². The molecule has 0 aromatic heterocycles. The summed E-state index contributed by atoms with van der Waals surface area (Å²) in [6.07, 6.45) is 7.96. The Morgan fingerprint density at radius 1 is 1.22 bits per heavy atom. The van der Waals surface area contributed by atoms with E-state index in [0.29, 0.717) is 11.5 Å². The largest absolute Gasteiger partial charge is 0.313 e. The first-order valence-corrected chi connectivity index (χ1v) is 8.00. The highest BCUT2D eigenvalue weighted by Crippen LogP contribution is 2.29. The first-order chi connectivity index (χ1) is 8.56. The maximum absolute atomic E-state index is 3.75. The Bertz CT molecular complexity index is 219. The molecular weight excluding hydrogens is 220 g/mol. The number of nitrogens with zero attached hydrogens (tertiary/aromatic N) is 1. The van der Waals surface area contributed by atoms with E-state index in [1.54, 1.807) is 0 Å². The average Bonchev–Trinajstić information content (AvgIpc) is 3.18. The fourth-order valence-corrected chi connectivity index (χ4v) is 2.75. The van der Waals surface area contributed by atoms with Gasteiger partial charge in [0.05, 0.1) is 0 Å². The summed E-state index contributed by atoms with van der Waals surface area (Å²) in [6.45, 7) is 11.8. The van der Waals surface area contributed by atoms with Gasteiger partial charge in [-0.1, -0.05) is 27.2 Å². The Labute approximate surface area is 115 Å². The van der Waals surface area contributed by atoms with Crippen molar-refractivity contribution in [1.82, 2.24) is 10.2 Å². The zero-order chi connectivity index (χ0) is 13.6. The highest BCUT2D eigenvalue weighted by atomic mass is 15.1. The van der Waals surface area contributed by atoms with Gasteiger partial charge >= 0.3 is 0 Å². The van der Waals surface area contributed by atoms with Gasteiger partial charge in [0.15, 0.2) is 0 Å². The van der Waals surface area contributed by atoms with Crippen LogP contribution in [-0.2, 0) is 0 Å². The molecule has 108 valence electrons. The van der Waals surface area contributed by atoms with Crippen LogP contribution in [-0.4, -0.2) is 37.1 Å². The van der Waals surface area contributed by atoms with Crippen LogP contribution in [0.1, 0.15) is 66.2 Å². The van der Waals surface area contributed by atoms with Crippen LogP contribution in [0.25, 0.3) is 0 Å². The van der Waals surface area contributed by atoms with Crippen LogP contribution in [0.2, 0.25) is 0 Å². The highest BCUT2D eigenvalue weighted by molar-refractivity contribution is 4.88. The number of hydrogen-bond donors (Lipinski definition) is 1. The molecule has 1 saturated carbocycles. The third-order valence-electron chi connectivity index (χ3n) is 4.89. The van der Waals surface area contributed by atoms with Crippen LogP contribution in [0.4, 0.5) is 0 Å². The van der Waals surface area contributed by atoms with Crippen molar-refractivity contribution in [2.45, 2.75) is 78.3 Å². The van der Waals surface area contributed by atoms with Gasteiger partial charge < -0.3 is 10.2 Å². The van der Waals surface area contributed by atoms with Crippen LogP contribution in [0.3, 0.4) is 0 Å². The third kappa shape index (κ3) is 4.89. The molecule has 0 saturated heterocycles. The van der Waals surface area contributed by atoms with Crippen molar-refractivity contribution < 1.29 is 0 Å². The van der Waals surface area contributed by atoms with E-state index >= 15 is 0 Å². The Balaban J connectivity index is 2.47. The van der Waals surface area contributed by atoms with Gasteiger partial charge in [-0.15, -0.1) is 0 Å². The van der Waals surface area contributed by atoms with Crippen LogP contribution in [0.5, 0.6) is 0 Å². The molecule has 0 aliphatic heterocycles. The summed E-state index contributed by atoms with van der Waals surface area (Å²) < 4.78 is 0. The maximum Gasteiger partial charge on any atom is 0.00684 e. The molecule has 0 spiro atoms. The molecule has 1 aliphatic carbocycles. The van der Waals surface area contributed by atoms with Gasteiger partial charge in [0.2, 0.25) is 0 Å². The number of hydrogen-bond acceptors (Lipinski definition) is 2. The van der Waals surface area contributed by atoms with Gasteiger partial charge in [-0.3, -0.25) is 0 Å². The van der Waals surface area contributed by atoms with Crippen molar-refractivity contribution in [2.24, 2.45) is 5.41 Å². The summed E-state index contributed by atoms with van der Waals surface area (Å²) in [5.41, 5.74) is 0.472. The Kier molecular flexibility index (Phi) is 6.65. The van der Waals surface area contributed by atoms with Crippen molar-refractivity contribution in [3.63, 3.8) is 0 Å². The molecule has 18 heavy (non-hydrogen) atoms. The minimum absolute atomic E-state index is 0.472. The molecule has 1 atom stereocenters. The second kappa shape index (κ2) is 7.49. The normalized spacial score (nSPS) is 18.3. The van der Waals surface area contributed by atoms with Gasteiger partial charge in [-0.25, -0.2) is 0 Å². The first kappa shape index (κ1) is 16.0. The molecular formula is C16H34N2. The van der Waals surface area contributed by atoms with Crippen molar-refractivity contribution in [3.05, 3.63) is 0 Å². The van der Waals surface area contributed by atoms with Gasteiger partial charge in [-0.2, -0.15) is 0 Å². The zero-order valence-corrected chi connectivity index (χ0v) is 13.3. The van der Waals surface area contributed by atoms with E-state index in [-0.39, 0.29) is 0 Å². The molecule has 0 radical (unpaired) electrons. The van der Waals surface area contributed by atoms with E-state index in [4.69, 9.17) is 0 Å². The van der Waals surface area contributed by atoms with E-state index in [2.05, 4.69) is 45.0 Å². The molecule has 0 aromatic carbocycles. The highest BCUT2D eigenvalue weighted by Gasteiger charge is 2.31. The summed E-state index contributed by atoms with van der Waals surface area (Å²) in [7, 11) is 2.30. The summed E-state index contributed by atoms with van der Waals surface area (Å²) in [6, 6.07) is 1.55. The minimum atomic E-state index is 0.472. The average molecular weight is 254 g/mol. The van der Waals surface area contributed by atoms with Crippen molar-refractivity contribution in [2.75, 3.05) is 20.1 Å². The number of nitrogens with one attached hydrogen (secondary N) is 1. The van der Waals surface area contributed by atoms with E-state index < -0.39 is 0 Å². The second-order valence-corrected chi connectivity index (χ2v) is 6.42. The van der Waals surface area contributed by atoms with Crippen LogP contribution in [0.15, 0.2) is 0 Å². The Hall–Kier alpha value is -0.0800. The molecule has 0 bridgehead atoms. The van der Waals surface area contributed by atoms with Crippen molar-refractivity contribution in [1.29, 1.82) is 0 Å². The lowest BCUT2D eigenvalue weighted by Crippen LogP contribution is -2.45. The van der Waals surface area contributed by atoms with Gasteiger partial charge in [0.1, 0.15) is 0 Å². The summed E-state index contributed by atoms with van der Waals surface area (Å²) in [5.74, 6) is 0. The minimum Gasteiger partial charge on any atom is -0.313 e. The Morgan fingerprint density at radius 3 is 2.28 bits per heavy atom. The lowest BCUT2D eigenvalue weighted by molar-refractivity contribution is 0.123. The molecule has 1 N–H and O–H groups in total. The summed E-state index contributed by atoms with van der Waals surface area (Å²) >= 11 is 0.